The van der Waals surface area contributed by atoms with E-state index in [-0.39, 0.29) is 43.0 Å². The van der Waals surface area contributed by atoms with Gasteiger partial charge in [-0.1, -0.05) is 12.1 Å². The minimum atomic E-state index is -4.35. The summed E-state index contributed by atoms with van der Waals surface area (Å²) in [5.41, 5.74) is -0.0306. The molecule has 0 aliphatic carbocycles. The van der Waals surface area contributed by atoms with E-state index in [0.717, 1.165) is 12.1 Å². The van der Waals surface area contributed by atoms with Crippen LogP contribution in [-0.2, 0) is 22.3 Å². The smallest absolute Gasteiger partial charge is 0.383 e. The number of guanidine groups is 1. The normalized spacial score (nSPS) is 11.5. The van der Waals surface area contributed by atoms with Gasteiger partial charge in [0.1, 0.15) is 0 Å². The van der Waals surface area contributed by atoms with E-state index in [1.165, 1.54) is 26.3 Å². The molecule has 1 aromatic carbocycles. The van der Waals surface area contributed by atoms with E-state index in [0.29, 0.717) is 24.7 Å². The van der Waals surface area contributed by atoms with Gasteiger partial charge in [-0.2, -0.15) is 13.2 Å². The first-order valence-electron chi connectivity index (χ1n) is 7.23. The van der Waals surface area contributed by atoms with Gasteiger partial charge >= 0.3 is 6.18 Å². The van der Waals surface area contributed by atoms with Gasteiger partial charge in [-0.05, 0) is 17.7 Å². The number of benzene rings is 1. The lowest BCUT2D eigenvalue weighted by Gasteiger charge is -2.12. The van der Waals surface area contributed by atoms with Crippen LogP contribution >= 0.6 is 24.0 Å². The summed E-state index contributed by atoms with van der Waals surface area (Å²) in [7, 11) is 3.07. The van der Waals surface area contributed by atoms with Crippen molar-refractivity contribution in [2.24, 2.45) is 4.99 Å². The highest BCUT2D eigenvalue weighted by Gasteiger charge is 2.29. The van der Waals surface area contributed by atoms with Gasteiger partial charge < -0.3 is 20.7 Å². The third-order valence-electron chi connectivity index (χ3n) is 3.01. The molecule has 0 radical (unpaired) electrons. The zero-order valence-electron chi connectivity index (χ0n) is 13.9. The maximum Gasteiger partial charge on any atom is 0.416 e. The maximum atomic E-state index is 12.5. The van der Waals surface area contributed by atoms with Gasteiger partial charge in [-0.15, -0.1) is 24.0 Å². The van der Waals surface area contributed by atoms with E-state index in [4.69, 9.17) is 4.74 Å². The molecule has 1 amide bonds. The Labute approximate surface area is 161 Å². The molecule has 3 N–H and O–H groups in total. The highest BCUT2D eigenvalue weighted by Crippen LogP contribution is 2.28. The van der Waals surface area contributed by atoms with Crippen LogP contribution in [0, 0.1) is 0 Å². The maximum absolute atomic E-state index is 12.5. The molecule has 0 aliphatic rings. The second kappa shape index (κ2) is 11.9. The monoisotopic (exact) mass is 474 g/mol. The molecular formula is C15H22F3IN4O2. The molecular weight excluding hydrogens is 452 g/mol. The number of amides is 1. The van der Waals surface area contributed by atoms with E-state index >= 15 is 0 Å². The largest absolute Gasteiger partial charge is 0.416 e. The molecule has 0 heterocycles. The summed E-state index contributed by atoms with van der Waals surface area (Å²) < 4.78 is 42.3. The molecule has 0 fully saturated rings. The third kappa shape index (κ3) is 9.48. The topological polar surface area (TPSA) is 74.8 Å². The first-order chi connectivity index (χ1) is 11.4. The van der Waals surface area contributed by atoms with Gasteiger partial charge in [0.25, 0.3) is 0 Å². The standard InChI is InChI=1S/C15H21F3N4O2.HI/c1-19-14(22-10-13(23)20-7-8-24-2)21-9-11-3-5-12(6-4-11)15(16,17)18;/h3-6H,7-10H2,1-2H3,(H,20,23)(H2,19,21,22);1H. The number of hydrogen-bond acceptors (Lipinski definition) is 3. The fraction of sp³-hybridized carbons (Fsp3) is 0.467. The first kappa shape index (κ1) is 23.4. The second-order valence-electron chi connectivity index (χ2n) is 4.82. The lowest BCUT2D eigenvalue weighted by atomic mass is 10.1. The van der Waals surface area contributed by atoms with E-state index in [2.05, 4.69) is 20.9 Å². The van der Waals surface area contributed by atoms with Gasteiger partial charge in [0.2, 0.25) is 5.91 Å². The fourth-order valence-corrected chi connectivity index (χ4v) is 1.74. The van der Waals surface area contributed by atoms with E-state index in [1.807, 2.05) is 0 Å². The Morgan fingerprint density at radius 3 is 2.32 bits per heavy atom. The van der Waals surface area contributed by atoms with Crippen LogP contribution in [0.4, 0.5) is 13.2 Å². The van der Waals surface area contributed by atoms with Gasteiger partial charge in [0, 0.05) is 27.2 Å². The Bertz CT molecular complexity index is 551. The van der Waals surface area contributed by atoms with Crippen LogP contribution in [0.5, 0.6) is 0 Å². The summed E-state index contributed by atoms with van der Waals surface area (Å²) in [6.07, 6.45) is -4.35. The number of carbonyl (C=O) groups excluding carboxylic acids is 1. The molecule has 0 unspecified atom stereocenters. The van der Waals surface area contributed by atoms with Crippen molar-refractivity contribution < 1.29 is 22.7 Å². The molecule has 25 heavy (non-hydrogen) atoms. The van der Waals surface area contributed by atoms with Gasteiger partial charge in [-0.25, -0.2) is 0 Å². The van der Waals surface area contributed by atoms with Crippen LogP contribution < -0.4 is 16.0 Å². The molecule has 0 atom stereocenters. The number of ether oxygens (including phenoxy) is 1. The number of alkyl halides is 3. The molecule has 0 saturated carbocycles. The molecule has 0 aromatic heterocycles. The van der Waals surface area contributed by atoms with Crippen molar-refractivity contribution in [1.82, 2.24) is 16.0 Å². The number of methoxy groups -OCH3 is 1. The first-order valence-corrected chi connectivity index (χ1v) is 7.23. The van der Waals surface area contributed by atoms with Crippen molar-refractivity contribution in [1.29, 1.82) is 0 Å². The summed E-state index contributed by atoms with van der Waals surface area (Å²) in [6, 6.07) is 4.83. The summed E-state index contributed by atoms with van der Waals surface area (Å²) in [6.45, 7) is 1.14. The lowest BCUT2D eigenvalue weighted by molar-refractivity contribution is -0.137. The average molecular weight is 474 g/mol. The van der Waals surface area contributed by atoms with E-state index in [9.17, 15) is 18.0 Å². The SMILES string of the molecule is CN=C(NCC(=O)NCCOC)NCc1ccc(C(F)(F)F)cc1.I. The van der Waals surface area contributed by atoms with Crippen molar-refractivity contribution in [2.45, 2.75) is 12.7 Å². The van der Waals surface area contributed by atoms with Crippen LogP contribution in [0.1, 0.15) is 11.1 Å². The highest BCUT2D eigenvalue weighted by atomic mass is 127. The highest BCUT2D eigenvalue weighted by molar-refractivity contribution is 14.0. The number of halogens is 4. The molecule has 0 spiro atoms. The molecule has 10 heteroatoms. The molecule has 0 bridgehead atoms. The average Bonchev–Trinajstić information content (AvgIpc) is 2.55. The Balaban J connectivity index is 0.00000576. The zero-order chi connectivity index (χ0) is 18.0. The molecule has 0 aliphatic heterocycles. The minimum Gasteiger partial charge on any atom is -0.383 e. The van der Waals surface area contributed by atoms with Gasteiger partial charge in [0.15, 0.2) is 5.96 Å². The molecule has 1 rings (SSSR count). The van der Waals surface area contributed by atoms with Crippen LogP contribution in [-0.4, -0.2) is 45.7 Å². The number of aliphatic imine (C=N–C) groups is 1. The number of nitrogens with zero attached hydrogens (tertiary/aromatic N) is 1. The Morgan fingerprint density at radius 1 is 1.16 bits per heavy atom. The number of carbonyl (C=O) groups is 1. The molecule has 0 saturated heterocycles. The molecule has 1 aromatic rings. The number of rotatable bonds is 7. The number of hydrogen-bond donors (Lipinski definition) is 3. The van der Waals surface area contributed by atoms with Crippen molar-refractivity contribution in [3.8, 4) is 0 Å². The summed E-state index contributed by atoms with van der Waals surface area (Å²) in [5.74, 6) is 0.154. The van der Waals surface area contributed by atoms with Crippen molar-refractivity contribution in [2.75, 3.05) is 33.9 Å². The Hall–Kier alpha value is -1.56. The van der Waals surface area contributed by atoms with E-state index in [1.54, 1.807) is 0 Å². The van der Waals surface area contributed by atoms with Crippen molar-refractivity contribution in [3.05, 3.63) is 35.4 Å². The summed E-state index contributed by atoms with van der Waals surface area (Å²) in [5, 5.41) is 8.37. The van der Waals surface area contributed by atoms with Crippen molar-refractivity contribution in [3.63, 3.8) is 0 Å². The van der Waals surface area contributed by atoms with Crippen LogP contribution in [0.3, 0.4) is 0 Å². The fourth-order valence-electron chi connectivity index (χ4n) is 1.74. The minimum absolute atomic E-state index is 0. The number of nitrogens with one attached hydrogen (secondary N) is 3. The van der Waals surface area contributed by atoms with Gasteiger partial charge in [0.05, 0.1) is 18.7 Å². The van der Waals surface area contributed by atoms with Crippen LogP contribution in [0.25, 0.3) is 0 Å². The van der Waals surface area contributed by atoms with E-state index < -0.39 is 11.7 Å². The molecule has 6 nitrogen and oxygen atoms in total. The van der Waals surface area contributed by atoms with Crippen LogP contribution in [0.2, 0.25) is 0 Å². The van der Waals surface area contributed by atoms with Gasteiger partial charge in [-0.3, -0.25) is 9.79 Å². The summed E-state index contributed by atoms with van der Waals surface area (Å²) >= 11 is 0. The third-order valence-corrected chi connectivity index (χ3v) is 3.01. The lowest BCUT2D eigenvalue weighted by Crippen LogP contribution is -2.43. The predicted octanol–water partition coefficient (Wildman–Crippen LogP) is 1.75. The zero-order valence-corrected chi connectivity index (χ0v) is 16.3. The quantitative estimate of drug-likeness (QED) is 0.244. The Morgan fingerprint density at radius 2 is 1.80 bits per heavy atom. The van der Waals surface area contributed by atoms with Crippen LogP contribution in [0.15, 0.2) is 29.3 Å². The predicted molar refractivity (Wildman–Crippen MR) is 99.9 cm³/mol. The summed E-state index contributed by atoms with van der Waals surface area (Å²) in [4.78, 5) is 15.5. The molecule has 142 valence electrons. The second-order valence-corrected chi connectivity index (χ2v) is 4.82. The Kier molecular flexibility index (Phi) is 11.2. The van der Waals surface area contributed by atoms with Crippen molar-refractivity contribution >= 4 is 35.8 Å².